The van der Waals surface area contributed by atoms with Crippen LogP contribution in [-0.2, 0) is 34.5 Å². The van der Waals surface area contributed by atoms with Crippen LogP contribution in [0.5, 0.6) is 0 Å². The van der Waals surface area contributed by atoms with E-state index in [1.54, 1.807) is 0 Å². The summed E-state index contributed by atoms with van der Waals surface area (Å²) >= 11 is 0. The molecule has 4 rings (SSSR count). The van der Waals surface area contributed by atoms with Crippen LogP contribution < -0.4 is 0 Å². The molecule has 2 aromatic rings. The van der Waals surface area contributed by atoms with Crippen molar-refractivity contribution in [1.29, 1.82) is 0 Å². The fourth-order valence-electron chi connectivity index (χ4n) is 5.59. The van der Waals surface area contributed by atoms with E-state index in [0.29, 0.717) is 43.8 Å². The van der Waals surface area contributed by atoms with Crippen LogP contribution in [-0.4, -0.2) is 30.2 Å². The van der Waals surface area contributed by atoms with Crippen molar-refractivity contribution in [3.63, 3.8) is 0 Å². The molecule has 2 heterocycles. The Hall–Kier alpha value is -2.96. The van der Waals surface area contributed by atoms with Crippen molar-refractivity contribution >= 4 is 6.09 Å². The zero-order chi connectivity index (χ0) is 30.3. The number of nitrogens with zero attached hydrogens (tertiary/aromatic N) is 1. The third kappa shape index (κ3) is 6.76. The highest BCUT2D eigenvalue weighted by Gasteiger charge is 2.44. The van der Waals surface area contributed by atoms with Gasteiger partial charge in [-0.2, -0.15) is 39.5 Å². The molecule has 0 spiro atoms. The maximum absolute atomic E-state index is 13.7. The summed E-state index contributed by atoms with van der Waals surface area (Å²) in [6.45, 7) is 3.85. The van der Waals surface area contributed by atoms with E-state index in [0.717, 1.165) is 23.5 Å². The van der Waals surface area contributed by atoms with Crippen LogP contribution in [0, 0.1) is 5.92 Å². The van der Waals surface area contributed by atoms with E-state index in [2.05, 4.69) is 0 Å². The number of carbonyl (C=O) groups is 1. The SMILES string of the molecule is CCCC(c1ccc(C(F)(F)F)cc1CN1C(=O)O[C@H](c2cc(C(F)(F)F)cc(C(F)(F)F)c2)[C@@H]1C)[C@@H]1CCOC1. The average molecular weight is 598 g/mol. The molecule has 0 bridgehead atoms. The molecule has 0 aliphatic carbocycles. The summed E-state index contributed by atoms with van der Waals surface area (Å²) in [5.41, 5.74) is -3.84. The molecule has 0 aromatic heterocycles. The van der Waals surface area contributed by atoms with Crippen molar-refractivity contribution in [3.8, 4) is 0 Å². The number of rotatable bonds is 7. The van der Waals surface area contributed by atoms with Gasteiger partial charge >= 0.3 is 24.6 Å². The Labute approximate surface area is 230 Å². The molecule has 2 aliphatic heterocycles. The van der Waals surface area contributed by atoms with Crippen molar-refractivity contribution in [2.24, 2.45) is 5.92 Å². The highest BCUT2D eigenvalue weighted by molar-refractivity contribution is 5.71. The Morgan fingerprint density at radius 3 is 2.02 bits per heavy atom. The Kier molecular flexibility index (Phi) is 8.60. The second kappa shape index (κ2) is 11.4. The molecule has 4 nitrogen and oxygen atoms in total. The van der Waals surface area contributed by atoms with Gasteiger partial charge in [-0.15, -0.1) is 0 Å². The molecule has 2 fully saturated rings. The smallest absolute Gasteiger partial charge is 0.416 e. The van der Waals surface area contributed by atoms with Gasteiger partial charge in [0, 0.05) is 13.2 Å². The van der Waals surface area contributed by atoms with Crippen LogP contribution in [0.25, 0.3) is 0 Å². The molecule has 0 N–H and O–H groups in total. The van der Waals surface area contributed by atoms with E-state index in [-0.39, 0.29) is 30.0 Å². The Bertz CT molecular complexity index is 1220. The second-order valence-corrected chi connectivity index (χ2v) is 10.4. The van der Waals surface area contributed by atoms with E-state index in [1.165, 1.54) is 13.0 Å². The monoisotopic (exact) mass is 597 g/mol. The van der Waals surface area contributed by atoms with Gasteiger partial charge in [0.15, 0.2) is 0 Å². The highest BCUT2D eigenvalue weighted by atomic mass is 19.4. The van der Waals surface area contributed by atoms with Gasteiger partial charge in [-0.3, -0.25) is 4.90 Å². The van der Waals surface area contributed by atoms with Gasteiger partial charge in [-0.1, -0.05) is 19.4 Å². The fraction of sp³-hybridized carbons (Fsp3) is 0.536. The van der Waals surface area contributed by atoms with Gasteiger partial charge in [-0.05, 0) is 78.6 Å². The first-order chi connectivity index (χ1) is 19.0. The topological polar surface area (TPSA) is 38.8 Å². The number of alkyl halides is 9. The quantitative estimate of drug-likeness (QED) is 0.300. The molecule has 4 atom stereocenters. The minimum absolute atomic E-state index is 0.0295. The lowest BCUT2D eigenvalue weighted by atomic mass is 9.79. The van der Waals surface area contributed by atoms with E-state index in [1.807, 2.05) is 6.92 Å². The Balaban J connectivity index is 1.72. The number of carbonyl (C=O) groups excluding carboxylic acids is 1. The number of hydrogen-bond acceptors (Lipinski definition) is 3. The maximum atomic E-state index is 13.7. The van der Waals surface area contributed by atoms with Crippen molar-refractivity contribution in [1.82, 2.24) is 4.90 Å². The van der Waals surface area contributed by atoms with Crippen LogP contribution in [0.3, 0.4) is 0 Å². The summed E-state index contributed by atoms with van der Waals surface area (Å²) < 4.78 is 132. The van der Waals surface area contributed by atoms with Gasteiger partial charge in [0.25, 0.3) is 0 Å². The summed E-state index contributed by atoms with van der Waals surface area (Å²) in [5, 5.41) is 0. The zero-order valence-electron chi connectivity index (χ0n) is 22.1. The molecule has 0 radical (unpaired) electrons. The lowest BCUT2D eigenvalue weighted by Gasteiger charge is -2.28. The predicted octanol–water partition coefficient (Wildman–Crippen LogP) is 8.75. The van der Waals surface area contributed by atoms with E-state index in [9.17, 15) is 44.3 Å². The first-order valence-electron chi connectivity index (χ1n) is 13.0. The van der Waals surface area contributed by atoms with Crippen LogP contribution in [0.4, 0.5) is 44.3 Å². The molecule has 226 valence electrons. The average Bonchev–Trinajstić information content (AvgIpc) is 3.50. The summed E-state index contributed by atoms with van der Waals surface area (Å²) in [5.74, 6) is -0.144. The van der Waals surface area contributed by atoms with Crippen LogP contribution >= 0.6 is 0 Å². The maximum Gasteiger partial charge on any atom is 0.416 e. The van der Waals surface area contributed by atoms with Gasteiger partial charge in [0.2, 0.25) is 0 Å². The number of halogens is 9. The highest BCUT2D eigenvalue weighted by Crippen LogP contribution is 2.43. The number of amides is 1. The number of hydrogen-bond donors (Lipinski definition) is 0. The lowest BCUT2D eigenvalue weighted by Crippen LogP contribution is -2.32. The molecule has 2 saturated heterocycles. The Morgan fingerprint density at radius 2 is 1.51 bits per heavy atom. The third-order valence-corrected chi connectivity index (χ3v) is 7.67. The predicted molar refractivity (Wildman–Crippen MR) is 129 cm³/mol. The minimum atomic E-state index is -5.10. The minimum Gasteiger partial charge on any atom is -0.439 e. The fourth-order valence-corrected chi connectivity index (χ4v) is 5.59. The molecule has 1 amide bonds. The molecule has 2 aromatic carbocycles. The van der Waals surface area contributed by atoms with Crippen molar-refractivity contribution in [2.75, 3.05) is 13.2 Å². The third-order valence-electron chi connectivity index (χ3n) is 7.67. The summed E-state index contributed by atoms with van der Waals surface area (Å²) in [4.78, 5) is 13.9. The zero-order valence-corrected chi connectivity index (χ0v) is 22.1. The Morgan fingerprint density at radius 1 is 0.902 bits per heavy atom. The molecule has 0 saturated carbocycles. The second-order valence-electron chi connectivity index (χ2n) is 10.4. The number of ether oxygens (including phenoxy) is 2. The van der Waals surface area contributed by atoms with Crippen molar-refractivity contribution < 1.29 is 53.8 Å². The van der Waals surface area contributed by atoms with Gasteiger partial charge in [-0.25, -0.2) is 4.79 Å². The van der Waals surface area contributed by atoms with E-state index in [4.69, 9.17) is 9.47 Å². The van der Waals surface area contributed by atoms with Gasteiger partial charge < -0.3 is 9.47 Å². The van der Waals surface area contributed by atoms with Gasteiger partial charge in [0.05, 0.1) is 29.3 Å². The largest absolute Gasteiger partial charge is 0.439 e. The molecule has 41 heavy (non-hydrogen) atoms. The lowest BCUT2D eigenvalue weighted by molar-refractivity contribution is -0.143. The van der Waals surface area contributed by atoms with Crippen LogP contribution in [0.2, 0.25) is 0 Å². The number of benzene rings is 2. The van der Waals surface area contributed by atoms with Gasteiger partial charge in [0.1, 0.15) is 6.10 Å². The normalized spacial score (nSPS) is 22.8. The standard InChI is InChI=1S/C28H28F9NO3/c1-3-4-22(16-7-8-40-14-16)23-6-5-19(26(29,30)31)11-18(23)13-38-15(2)24(41-25(38)39)17-9-20(27(32,33)34)12-21(10-17)28(35,36)37/h5-6,9-12,15-16,22,24H,3-4,7-8,13-14H2,1-2H3/t15-,16+,22?,24-/m0/s1. The summed E-state index contributed by atoms with van der Waals surface area (Å²) in [6, 6.07) is 3.14. The number of cyclic esters (lactones) is 1. The van der Waals surface area contributed by atoms with Crippen LogP contribution in [0.15, 0.2) is 36.4 Å². The molecule has 13 heteroatoms. The molecular formula is C28H28F9NO3. The first-order valence-corrected chi connectivity index (χ1v) is 13.0. The van der Waals surface area contributed by atoms with Crippen molar-refractivity contribution in [2.45, 2.75) is 76.2 Å². The van der Waals surface area contributed by atoms with E-state index >= 15 is 0 Å². The molecule has 2 aliphatic rings. The molecule has 1 unspecified atom stereocenters. The van der Waals surface area contributed by atoms with Crippen LogP contribution in [0.1, 0.15) is 78.5 Å². The van der Waals surface area contributed by atoms with Crippen molar-refractivity contribution in [3.05, 3.63) is 69.8 Å². The first kappa shape index (κ1) is 31.0. The van der Waals surface area contributed by atoms with E-state index < -0.39 is 59.0 Å². The molecular weight excluding hydrogens is 569 g/mol. The summed E-state index contributed by atoms with van der Waals surface area (Å²) in [6.07, 6.45) is -15.4. The summed E-state index contributed by atoms with van der Waals surface area (Å²) in [7, 11) is 0.